The smallest absolute Gasteiger partial charge is 0.00943 e. The van der Waals surface area contributed by atoms with Gasteiger partial charge in [0.25, 0.3) is 0 Å². The first-order chi connectivity index (χ1) is 9.31. The summed E-state index contributed by atoms with van der Waals surface area (Å²) in [6.07, 6.45) is 14.1. The molecule has 19 heavy (non-hydrogen) atoms. The molecule has 0 N–H and O–H groups in total. The number of rotatable bonds is 6. The van der Waals surface area contributed by atoms with Gasteiger partial charge in [-0.05, 0) is 72.8 Å². The van der Waals surface area contributed by atoms with Gasteiger partial charge in [0.1, 0.15) is 0 Å². The summed E-state index contributed by atoms with van der Waals surface area (Å²) in [5.74, 6) is 0. The Kier molecular flexibility index (Phi) is 4.79. The van der Waals surface area contributed by atoms with Gasteiger partial charge in [0, 0.05) is 0 Å². The highest BCUT2D eigenvalue weighted by Crippen LogP contribution is 2.31. The summed E-state index contributed by atoms with van der Waals surface area (Å²) in [7, 11) is 0. The molecule has 1 aliphatic rings. The lowest BCUT2D eigenvalue weighted by Gasteiger charge is -2.24. The maximum Gasteiger partial charge on any atom is -0.00943 e. The second-order valence-electron chi connectivity index (χ2n) is 5.32. The number of hydrogen-bond donors (Lipinski definition) is 0. The molecule has 0 radical (unpaired) electrons. The van der Waals surface area contributed by atoms with Gasteiger partial charge >= 0.3 is 0 Å². The van der Waals surface area contributed by atoms with Crippen LogP contribution < -0.4 is 0 Å². The van der Waals surface area contributed by atoms with Crippen molar-refractivity contribution in [2.75, 3.05) is 0 Å². The molecule has 0 spiro atoms. The molecule has 1 aromatic rings. The molecule has 0 atom stereocenters. The number of aryl methyl sites for hydroxylation is 1. The maximum atomic E-state index is 3.94. The fourth-order valence-corrected chi connectivity index (χ4v) is 3.23. The van der Waals surface area contributed by atoms with Gasteiger partial charge in [-0.1, -0.05) is 24.3 Å². The lowest BCUT2D eigenvalue weighted by molar-refractivity contribution is 0.677. The summed E-state index contributed by atoms with van der Waals surface area (Å²) < 4.78 is 0. The van der Waals surface area contributed by atoms with Crippen LogP contribution in [-0.2, 0) is 32.1 Å². The lowest BCUT2D eigenvalue weighted by atomic mass is 9.81. The first-order valence-electron chi connectivity index (χ1n) is 7.29. The summed E-state index contributed by atoms with van der Waals surface area (Å²) >= 11 is 0. The van der Waals surface area contributed by atoms with Gasteiger partial charge in [0.15, 0.2) is 0 Å². The van der Waals surface area contributed by atoms with Crippen LogP contribution in [0.5, 0.6) is 0 Å². The highest BCUT2D eigenvalue weighted by atomic mass is 14.2. The van der Waals surface area contributed by atoms with E-state index in [1.807, 2.05) is 18.2 Å². The van der Waals surface area contributed by atoms with E-state index in [4.69, 9.17) is 0 Å². The highest BCUT2D eigenvalue weighted by molar-refractivity contribution is 5.49. The molecule has 0 heterocycles. The molecule has 1 aromatic carbocycles. The topological polar surface area (TPSA) is 0 Å². The molecule has 0 unspecified atom stereocenters. The Bertz CT molecular complexity index is 491. The van der Waals surface area contributed by atoms with E-state index in [1.165, 1.54) is 42.4 Å². The molecule has 0 saturated heterocycles. The Morgan fingerprint density at radius 3 is 2.16 bits per heavy atom. The van der Waals surface area contributed by atoms with Gasteiger partial charge in [0.05, 0.1) is 0 Å². The molecule has 0 fully saturated rings. The van der Waals surface area contributed by atoms with Crippen molar-refractivity contribution in [1.82, 2.24) is 0 Å². The summed E-state index contributed by atoms with van der Waals surface area (Å²) in [5, 5.41) is 0. The van der Waals surface area contributed by atoms with Crippen molar-refractivity contribution in [3.8, 4) is 0 Å². The quantitative estimate of drug-likeness (QED) is 0.641. The molecule has 0 amide bonds. The molecule has 0 nitrogen and oxygen atoms in total. The van der Waals surface area contributed by atoms with Crippen molar-refractivity contribution < 1.29 is 0 Å². The van der Waals surface area contributed by atoms with Crippen molar-refractivity contribution in [2.45, 2.75) is 44.9 Å². The maximum absolute atomic E-state index is 3.94. The van der Waals surface area contributed by atoms with Crippen molar-refractivity contribution >= 4 is 0 Å². The summed E-state index contributed by atoms with van der Waals surface area (Å²) in [5.41, 5.74) is 7.58. The fourth-order valence-electron chi connectivity index (χ4n) is 3.23. The van der Waals surface area contributed by atoms with Gasteiger partial charge in [-0.3, -0.25) is 0 Å². The molecule has 2 rings (SSSR count). The number of hydrogen-bond acceptors (Lipinski definition) is 0. The van der Waals surface area contributed by atoms with Crippen LogP contribution in [0.15, 0.2) is 44.0 Å². The van der Waals surface area contributed by atoms with Gasteiger partial charge in [-0.25, -0.2) is 0 Å². The molecule has 0 heteroatoms. The Balaban J connectivity index is 2.60. The summed E-state index contributed by atoms with van der Waals surface area (Å²) in [6.45, 7) is 11.8. The van der Waals surface area contributed by atoms with Crippen molar-refractivity contribution in [2.24, 2.45) is 0 Å². The third kappa shape index (κ3) is 2.89. The SMILES string of the molecule is C=CCc1cc2c(c(CC=C)c1CC=C)CCCC2. The van der Waals surface area contributed by atoms with Crippen LogP contribution in [0.25, 0.3) is 0 Å². The van der Waals surface area contributed by atoms with E-state index in [0.717, 1.165) is 19.3 Å². The second kappa shape index (κ2) is 6.56. The van der Waals surface area contributed by atoms with Gasteiger partial charge < -0.3 is 0 Å². The average Bonchev–Trinajstić information content (AvgIpc) is 2.43. The minimum Gasteiger partial charge on any atom is -0.103 e. The molecule has 0 aliphatic heterocycles. The normalized spacial score (nSPS) is 13.7. The predicted molar refractivity (Wildman–Crippen MR) is 84.8 cm³/mol. The van der Waals surface area contributed by atoms with Crippen LogP contribution in [0.4, 0.5) is 0 Å². The molecule has 100 valence electrons. The zero-order valence-corrected chi connectivity index (χ0v) is 11.9. The largest absolute Gasteiger partial charge is 0.103 e. The summed E-state index contributed by atoms with van der Waals surface area (Å²) in [4.78, 5) is 0. The zero-order chi connectivity index (χ0) is 13.7. The van der Waals surface area contributed by atoms with Gasteiger partial charge in [-0.2, -0.15) is 0 Å². The van der Waals surface area contributed by atoms with E-state index < -0.39 is 0 Å². The third-order valence-electron chi connectivity index (χ3n) is 4.04. The first-order valence-corrected chi connectivity index (χ1v) is 7.29. The van der Waals surface area contributed by atoms with E-state index in [9.17, 15) is 0 Å². The highest BCUT2D eigenvalue weighted by Gasteiger charge is 2.18. The van der Waals surface area contributed by atoms with Crippen molar-refractivity contribution in [3.63, 3.8) is 0 Å². The van der Waals surface area contributed by atoms with Crippen LogP contribution in [0, 0.1) is 0 Å². The van der Waals surface area contributed by atoms with Crippen LogP contribution in [0.2, 0.25) is 0 Å². The van der Waals surface area contributed by atoms with E-state index in [0.29, 0.717) is 0 Å². The number of allylic oxidation sites excluding steroid dienone is 3. The Labute approximate surface area is 117 Å². The average molecular weight is 252 g/mol. The Morgan fingerprint density at radius 1 is 0.842 bits per heavy atom. The minimum atomic E-state index is 0.958. The molecule has 0 saturated carbocycles. The number of benzene rings is 1. The van der Waals surface area contributed by atoms with Crippen LogP contribution in [0.1, 0.15) is 40.7 Å². The van der Waals surface area contributed by atoms with E-state index in [2.05, 4.69) is 25.8 Å². The molecule has 0 bridgehead atoms. The predicted octanol–water partition coefficient (Wildman–Crippen LogP) is 4.75. The molecule has 1 aliphatic carbocycles. The first kappa shape index (κ1) is 13.9. The molecular formula is C19H24. The monoisotopic (exact) mass is 252 g/mol. The minimum absolute atomic E-state index is 0.958. The van der Waals surface area contributed by atoms with Crippen molar-refractivity contribution in [3.05, 3.63) is 71.8 Å². The van der Waals surface area contributed by atoms with Crippen LogP contribution in [-0.4, -0.2) is 0 Å². The van der Waals surface area contributed by atoms with E-state index in [-0.39, 0.29) is 0 Å². The standard InChI is InChI=1S/C19H24/c1-4-9-15-14-16-12-7-8-13-18(16)19(11-6-3)17(15)10-5-2/h4-6,14H,1-3,7-13H2. The summed E-state index contributed by atoms with van der Waals surface area (Å²) in [6, 6.07) is 2.42. The van der Waals surface area contributed by atoms with Crippen LogP contribution >= 0.6 is 0 Å². The third-order valence-corrected chi connectivity index (χ3v) is 4.04. The van der Waals surface area contributed by atoms with E-state index in [1.54, 1.807) is 11.1 Å². The van der Waals surface area contributed by atoms with Crippen molar-refractivity contribution in [1.29, 1.82) is 0 Å². The Morgan fingerprint density at radius 2 is 1.47 bits per heavy atom. The fraction of sp³-hybridized carbons (Fsp3) is 0.368. The molecular weight excluding hydrogens is 228 g/mol. The Hall–Kier alpha value is -1.56. The van der Waals surface area contributed by atoms with Crippen LogP contribution in [0.3, 0.4) is 0 Å². The van der Waals surface area contributed by atoms with Gasteiger partial charge in [-0.15, -0.1) is 19.7 Å². The van der Waals surface area contributed by atoms with Gasteiger partial charge in [0.2, 0.25) is 0 Å². The lowest BCUT2D eigenvalue weighted by Crippen LogP contribution is -2.11. The van der Waals surface area contributed by atoms with E-state index >= 15 is 0 Å². The number of fused-ring (bicyclic) bond motifs is 1. The second-order valence-corrected chi connectivity index (χ2v) is 5.32. The molecule has 0 aromatic heterocycles. The zero-order valence-electron chi connectivity index (χ0n) is 11.9.